The molecule has 0 saturated carbocycles. The van der Waals surface area contributed by atoms with Crippen molar-refractivity contribution in [1.29, 1.82) is 0 Å². The fourth-order valence-corrected chi connectivity index (χ4v) is 2.47. The van der Waals surface area contributed by atoms with E-state index in [0.29, 0.717) is 30.6 Å². The van der Waals surface area contributed by atoms with Gasteiger partial charge in [0.15, 0.2) is 0 Å². The number of nitrogens with two attached hydrogens (primary N) is 1. The highest BCUT2D eigenvalue weighted by molar-refractivity contribution is 5.95. The highest BCUT2D eigenvalue weighted by Gasteiger charge is 2.27. The van der Waals surface area contributed by atoms with E-state index in [9.17, 15) is 4.79 Å². The minimum absolute atomic E-state index is 0.0320. The lowest BCUT2D eigenvalue weighted by molar-refractivity contribution is -0.121. The van der Waals surface area contributed by atoms with Gasteiger partial charge in [0.05, 0.1) is 30.6 Å². The van der Waals surface area contributed by atoms with Crippen LogP contribution in [-0.2, 0) is 9.53 Å². The molecule has 1 amide bonds. The summed E-state index contributed by atoms with van der Waals surface area (Å²) in [5, 5.41) is 2.87. The summed E-state index contributed by atoms with van der Waals surface area (Å²) in [4.78, 5) is 14.3. The SMILES string of the molecule is CCC1COC(C)CN1CC(=O)Nc1ccccc1N. The van der Waals surface area contributed by atoms with Crippen molar-refractivity contribution in [2.75, 3.05) is 30.7 Å². The van der Waals surface area contributed by atoms with Crippen molar-refractivity contribution in [3.05, 3.63) is 24.3 Å². The normalized spacial score (nSPS) is 23.5. The topological polar surface area (TPSA) is 67.6 Å². The number of hydrogen-bond donors (Lipinski definition) is 2. The van der Waals surface area contributed by atoms with Crippen molar-refractivity contribution in [1.82, 2.24) is 4.90 Å². The Kier molecular flexibility index (Phi) is 4.98. The molecule has 1 fully saturated rings. The molecule has 1 aliphatic rings. The number of morpholine rings is 1. The first-order valence-corrected chi connectivity index (χ1v) is 7.10. The van der Waals surface area contributed by atoms with Crippen LogP contribution in [0.5, 0.6) is 0 Å². The van der Waals surface area contributed by atoms with Gasteiger partial charge in [-0.15, -0.1) is 0 Å². The van der Waals surface area contributed by atoms with E-state index in [4.69, 9.17) is 10.5 Å². The van der Waals surface area contributed by atoms with E-state index in [2.05, 4.69) is 17.1 Å². The van der Waals surface area contributed by atoms with Crippen LogP contribution >= 0.6 is 0 Å². The van der Waals surface area contributed by atoms with Gasteiger partial charge in [-0.2, -0.15) is 0 Å². The van der Waals surface area contributed by atoms with Gasteiger partial charge in [0.1, 0.15) is 0 Å². The third-order valence-electron chi connectivity index (χ3n) is 3.63. The van der Waals surface area contributed by atoms with Crippen molar-refractivity contribution in [3.63, 3.8) is 0 Å². The monoisotopic (exact) mass is 277 g/mol. The third-order valence-corrected chi connectivity index (χ3v) is 3.63. The van der Waals surface area contributed by atoms with Crippen molar-refractivity contribution < 1.29 is 9.53 Å². The summed E-state index contributed by atoms with van der Waals surface area (Å²) < 4.78 is 5.64. The number of carbonyl (C=O) groups is 1. The lowest BCUT2D eigenvalue weighted by Gasteiger charge is -2.37. The molecule has 1 aromatic carbocycles. The van der Waals surface area contributed by atoms with Crippen LogP contribution in [0.4, 0.5) is 11.4 Å². The second-order valence-corrected chi connectivity index (χ2v) is 5.27. The zero-order valence-corrected chi connectivity index (χ0v) is 12.1. The molecule has 1 aliphatic heterocycles. The molecule has 2 atom stereocenters. The van der Waals surface area contributed by atoms with Gasteiger partial charge in [0.2, 0.25) is 5.91 Å². The molecule has 0 aromatic heterocycles. The quantitative estimate of drug-likeness (QED) is 0.822. The highest BCUT2D eigenvalue weighted by atomic mass is 16.5. The molecule has 1 heterocycles. The second kappa shape index (κ2) is 6.72. The number of para-hydroxylation sites is 2. The van der Waals surface area contributed by atoms with Gasteiger partial charge in [0.25, 0.3) is 0 Å². The van der Waals surface area contributed by atoms with Gasteiger partial charge in [-0.05, 0) is 25.5 Å². The summed E-state index contributed by atoms with van der Waals surface area (Å²) in [5.74, 6) is -0.0320. The number of nitrogen functional groups attached to an aromatic ring is 1. The minimum Gasteiger partial charge on any atom is -0.397 e. The standard InChI is InChI=1S/C15H23N3O2/c1-3-12-10-20-11(2)8-18(12)9-15(19)17-14-7-5-4-6-13(14)16/h4-7,11-12H,3,8-10,16H2,1-2H3,(H,17,19). The first kappa shape index (κ1) is 14.8. The van der Waals surface area contributed by atoms with Crippen LogP contribution in [0.25, 0.3) is 0 Å². The van der Waals surface area contributed by atoms with E-state index in [1.165, 1.54) is 0 Å². The van der Waals surface area contributed by atoms with Gasteiger partial charge in [-0.25, -0.2) is 0 Å². The van der Waals surface area contributed by atoms with Crippen molar-refractivity contribution in [2.45, 2.75) is 32.4 Å². The van der Waals surface area contributed by atoms with E-state index in [1.54, 1.807) is 6.07 Å². The van der Waals surface area contributed by atoms with Crippen molar-refractivity contribution in [2.24, 2.45) is 0 Å². The molecule has 0 bridgehead atoms. The van der Waals surface area contributed by atoms with Gasteiger partial charge in [0, 0.05) is 12.6 Å². The number of carbonyl (C=O) groups excluding carboxylic acids is 1. The Hall–Kier alpha value is -1.59. The molecular formula is C15H23N3O2. The molecule has 0 radical (unpaired) electrons. The fraction of sp³-hybridized carbons (Fsp3) is 0.533. The zero-order valence-electron chi connectivity index (χ0n) is 12.1. The Morgan fingerprint density at radius 1 is 1.50 bits per heavy atom. The van der Waals surface area contributed by atoms with E-state index in [-0.39, 0.29) is 12.0 Å². The van der Waals surface area contributed by atoms with Crippen LogP contribution in [-0.4, -0.2) is 42.6 Å². The molecule has 1 saturated heterocycles. The molecule has 0 aliphatic carbocycles. The van der Waals surface area contributed by atoms with E-state index >= 15 is 0 Å². The lowest BCUT2D eigenvalue weighted by atomic mass is 10.1. The fourth-order valence-electron chi connectivity index (χ4n) is 2.47. The molecule has 2 unspecified atom stereocenters. The first-order chi connectivity index (χ1) is 9.60. The Morgan fingerprint density at radius 2 is 2.25 bits per heavy atom. The molecular weight excluding hydrogens is 254 g/mol. The summed E-state index contributed by atoms with van der Waals surface area (Å²) in [7, 11) is 0. The Morgan fingerprint density at radius 3 is 2.95 bits per heavy atom. The van der Waals surface area contributed by atoms with Crippen LogP contribution in [0.3, 0.4) is 0 Å². The maximum Gasteiger partial charge on any atom is 0.238 e. The van der Waals surface area contributed by atoms with Gasteiger partial charge in [-0.1, -0.05) is 19.1 Å². The highest BCUT2D eigenvalue weighted by Crippen LogP contribution is 2.18. The molecule has 5 heteroatoms. The van der Waals surface area contributed by atoms with Crippen molar-refractivity contribution in [3.8, 4) is 0 Å². The van der Waals surface area contributed by atoms with Crippen LogP contribution < -0.4 is 11.1 Å². The number of anilines is 2. The zero-order chi connectivity index (χ0) is 14.5. The van der Waals surface area contributed by atoms with Gasteiger partial charge in [-0.3, -0.25) is 9.69 Å². The number of rotatable bonds is 4. The predicted octanol–water partition coefficient (Wildman–Crippen LogP) is 1.71. The number of hydrogen-bond acceptors (Lipinski definition) is 4. The predicted molar refractivity (Wildman–Crippen MR) is 80.6 cm³/mol. The summed E-state index contributed by atoms with van der Waals surface area (Å²) in [5.41, 5.74) is 7.09. The molecule has 110 valence electrons. The second-order valence-electron chi connectivity index (χ2n) is 5.27. The van der Waals surface area contributed by atoms with E-state index in [1.807, 2.05) is 25.1 Å². The number of ether oxygens (including phenoxy) is 1. The average Bonchev–Trinajstić information content (AvgIpc) is 2.41. The van der Waals surface area contributed by atoms with Crippen molar-refractivity contribution >= 4 is 17.3 Å². The lowest BCUT2D eigenvalue weighted by Crippen LogP contribution is -2.51. The minimum atomic E-state index is -0.0320. The van der Waals surface area contributed by atoms with E-state index in [0.717, 1.165) is 13.0 Å². The molecule has 5 nitrogen and oxygen atoms in total. The van der Waals surface area contributed by atoms with Gasteiger partial charge < -0.3 is 15.8 Å². The Bertz CT molecular complexity index is 464. The summed E-state index contributed by atoms with van der Waals surface area (Å²) >= 11 is 0. The summed E-state index contributed by atoms with van der Waals surface area (Å²) in [6, 6.07) is 7.61. The largest absolute Gasteiger partial charge is 0.397 e. The molecule has 0 spiro atoms. The molecule has 2 rings (SSSR count). The molecule has 1 aromatic rings. The number of amides is 1. The molecule has 20 heavy (non-hydrogen) atoms. The number of nitrogens with one attached hydrogen (secondary N) is 1. The van der Waals surface area contributed by atoms with Crippen LogP contribution in [0, 0.1) is 0 Å². The van der Waals surface area contributed by atoms with Crippen LogP contribution in [0.15, 0.2) is 24.3 Å². The molecule has 3 N–H and O–H groups in total. The summed E-state index contributed by atoms with van der Waals surface area (Å²) in [6.45, 7) is 6.01. The maximum absolute atomic E-state index is 12.2. The summed E-state index contributed by atoms with van der Waals surface area (Å²) in [6.07, 6.45) is 1.15. The van der Waals surface area contributed by atoms with Crippen LogP contribution in [0.1, 0.15) is 20.3 Å². The van der Waals surface area contributed by atoms with Crippen LogP contribution in [0.2, 0.25) is 0 Å². The Labute approximate surface area is 120 Å². The number of benzene rings is 1. The first-order valence-electron chi connectivity index (χ1n) is 7.10. The smallest absolute Gasteiger partial charge is 0.238 e. The Balaban J connectivity index is 1.94. The van der Waals surface area contributed by atoms with E-state index < -0.39 is 0 Å². The van der Waals surface area contributed by atoms with Gasteiger partial charge >= 0.3 is 0 Å². The third kappa shape index (κ3) is 3.71. The maximum atomic E-state index is 12.2. The number of nitrogens with zero attached hydrogens (tertiary/aromatic N) is 1. The average molecular weight is 277 g/mol.